The van der Waals surface area contributed by atoms with E-state index >= 15 is 0 Å². The molecule has 0 aliphatic carbocycles. The quantitative estimate of drug-likeness (QED) is 0.843. The lowest BCUT2D eigenvalue weighted by Gasteiger charge is -2.31. The Bertz CT molecular complexity index is 339. The molecule has 4 nitrogen and oxygen atoms in total. The summed E-state index contributed by atoms with van der Waals surface area (Å²) < 4.78 is 25.3. The van der Waals surface area contributed by atoms with Gasteiger partial charge in [0.25, 0.3) is 0 Å². The lowest BCUT2D eigenvalue weighted by Crippen LogP contribution is -2.48. The topological polar surface area (TPSA) is 33.1 Å². The molecule has 1 atom stereocenters. The summed E-state index contributed by atoms with van der Waals surface area (Å²) in [4.78, 5) is 2.22. The van der Waals surface area contributed by atoms with Crippen molar-refractivity contribution in [2.45, 2.75) is 26.1 Å². The van der Waals surface area contributed by atoms with E-state index in [4.69, 9.17) is 0 Å². The van der Waals surface area contributed by atoms with Gasteiger partial charge in [-0.15, -0.1) is 0 Å². The van der Waals surface area contributed by atoms with E-state index in [1.54, 1.807) is 6.07 Å². The van der Waals surface area contributed by atoms with Gasteiger partial charge in [-0.3, -0.25) is 4.90 Å². The van der Waals surface area contributed by atoms with E-state index < -0.39 is 6.55 Å². The van der Waals surface area contributed by atoms with Crippen molar-refractivity contribution in [3.8, 4) is 0 Å². The Labute approximate surface area is 93.2 Å². The van der Waals surface area contributed by atoms with Gasteiger partial charge in [0, 0.05) is 38.4 Å². The highest BCUT2D eigenvalue weighted by molar-refractivity contribution is 4.99. The molecule has 6 heteroatoms. The Kier molecular flexibility index (Phi) is 3.50. The van der Waals surface area contributed by atoms with Gasteiger partial charge >= 0.3 is 6.55 Å². The molecule has 0 radical (unpaired) electrons. The minimum atomic E-state index is -2.55. The Morgan fingerprint density at radius 3 is 3.06 bits per heavy atom. The minimum absolute atomic E-state index is 0.450. The van der Waals surface area contributed by atoms with Crippen LogP contribution in [-0.4, -0.2) is 40.4 Å². The van der Waals surface area contributed by atoms with Crippen LogP contribution in [0.15, 0.2) is 12.3 Å². The maximum atomic E-state index is 12.3. The van der Waals surface area contributed by atoms with Gasteiger partial charge in [0.15, 0.2) is 0 Å². The third-order valence-electron chi connectivity index (χ3n) is 2.70. The molecular weight excluding hydrogens is 214 g/mol. The smallest absolute Gasteiger partial charge is 0.312 e. The zero-order chi connectivity index (χ0) is 11.5. The molecule has 16 heavy (non-hydrogen) atoms. The molecule has 1 saturated heterocycles. The monoisotopic (exact) mass is 230 g/mol. The van der Waals surface area contributed by atoms with Gasteiger partial charge in [0.05, 0.1) is 5.69 Å². The van der Waals surface area contributed by atoms with Crippen LogP contribution in [0.5, 0.6) is 0 Å². The van der Waals surface area contributed by atoms with Crippen molar-refractivity contribution >= 4 is 0 Å². The molecular formula is C10H16F2N4. The molecule has 2 heterocycles. The van der Waals surface area contributed by atoms with Crippen molar-refractivity contribution < 1.29 is 8.78 Å². The second-order valence-corrected chi connectivity index (χ2v) is 4.16. The Hall–Kier alpha value is -1.01. The van der Waals surface area contributed by atoms with Gasteiger partial charge in [-0.1, -0.05) is 0 Å². The highest BCUT2D eigenvalue weighted by Gasteiger charge is 2.17. The minimum Gasteiger partial charge on any atom is -0.312 e. The van der Waals surface area contributed by atoms with Gasteiger partial charge in [-0.05, 0) is 13.0 Å². The van der Waals surface area contributed by atoms with Crippen LogP contribution in [0.25, 0.3) is 0 Å². The summed E-state index contributed by atoms with van der Waals surface area (Å²) in [5.74, 6) is 0. The number of piperazine rings is 1. The van der Waals surface area contributed by atoms with Crippen molar-refractivity contribution in [3.05, 3.63) is 18.0 Å². The number of rotatable bonds is 3. The van der Waals surface area contributed by atoms with Crippen LogP contribution in [0.4, 0.5) is 8.78 Å². The second-order valence-electron chi connectivity index (χ2n) is 4.16. The van der Waals surface area contributed by atoms with E-state index in [0.717, 1.165) is 19.6 Å². The fraction of sp³-hybridized carbons (Fsp3) is 0.700. The van der Waals surface area contributed by atoms with E-state index in [-0.39, 0.29) is 0 Å². The summed E-state index contributed by atoms with van der Waals surface area (Å²) >= 11 is 0. The molecule has 1 fully saturated rings. The summed E-state index contributed by atoms with van der Waals surface area (Å²) in [6.07, 6.45) is 1.33. The number of nitrogens with zero attached hydrogens (tertiary/aromatic N) is 3. The van der Waals surface area contributed by atoms with Crippen molar-refractivity contribution in [1.82, 2.24) is 20.0 Å². The molecule has 1 aliphatic heterocycles. The summed E-state index contributed by atoms with van der Waals surface area (Å²) in [6.45, 7) is 3.02. The highest BCUT2D eigenvalue weighted by atomic mass is 19.3. The fourth-order valence-electron chi connectivity index (χ4n) is 1.96. The molecule has 0 aromatic carbocycles. The van der Waals surface area contributed by atoms with Crippen molar-refractivity contribution in [2.24, 2.45) is 0 Å². The van der Waals surface area contributed by atoms with E-state index in [2.05, 4.69) is 22.2 Å². The molecule has 90 valence electrons. The summed E-state index contributed by atoms with van der Waals surface area (Å²) in [7, 11) is 0. The maximum absolute atomic E-state index is 12.3. The molecule has 0 amide bonds. The summed E-state index contributed by atoms with van der Waals surface area (Å²) in [5, 5.41) is 7.17. The summed E-state index contributed by atoms with van der Waals surface area (Å²) in [5.41, 5.74) is 0.703. The number of aromatic nitrogens is 2. The first kappa shape index (κ1) is 11.5. The van der Waals surface area contributed by atoms with Crippen LogP contribution in [0.2, 0.25) is 0 Å². The van der Waals surface area contributed by atoms with Crippen LogP contribution in [0.3, 0.4) is 0 Å². The van der Waals surface area contributed by atoms with Gasteiger partial charge in [0.2, 0.25) is 0 Å². The first-order chi connectivity index (χ1) is 7.65. The van der Waals surface area contributed by atoms with E-state index in [9.17, 15) is 8.78 Å². The fourth-order valence-corrected chi connectivity index (χ4v) is 1.96. The lowest BCUT2D eigenvalue weighted by molar-refractivity contribution is 0.0556. The predicted octanol–water partition coefficient (Wildman–Crippen LogP) is 1.07. The van der Waals surface area contributed by atoms with Gasteiger partial charge in [0.1, 0.15) is 0 Å². The van der Waals surface area contributed by atoms with Crippen LogP contribution in [0, 0.1) is 0 Å². The highest BCUT2D eigenvalue weighted by Crippen LogP contribution is 2.11. The van der Waals surface area contributed by atoms with Crippen LogP contribution in [-0.2, 0) is 6.54 Å². The van der Waals surface area contributed by atoms with Gasteiger partial charge in [-0.2, -0.15) is 13.9 Å². The van der Waals surface area contributed by atoms with E-state index in [1.807, 2.05) is 0 Å². The third-order valence-corrected chi connectivity index (χ3v) is 2.70. The number of hydrogen-bond acceptors (Lipinski definition) is 3. The SMILES string of the molecule is C[C@@H]1CN(Cc2ccn(C(F)F)n2)CCN1. The number of alkyl halides is 2. The maximum Gasteiger partial charge on any atom is 0.333 e. The van der Waals surface area contributed by atoms with Crippen molar-refractivity contribution in [1.29, 1.82) is 0 Å². The Morgan fingerprint density at radius 2 is 2.44 bits per heavy atom. The van der Waals surface area contributed by atoms with Crippen LogP contribution in [0.1, 0.15) is 19.2 Å². The largest absolute Gasteiger partial charge is 0.333 e. The van der Waals surface area contributed by atoms with Crippen LogP contribution >= 0.6 is 0 Å². The predicted molar refractivity (Wildman–Crippen MR) is 56.2 cm³/mol. The molecule has 0 spiro atoms. The molecule has 1 N–H and O–H groups in total. The number of hydrogen-bond donors (Lipinski definition) is 1. The average Bonchev–Trinajstić information content (AvgIpc) is 2.66. The standard InChI is InChI=1S/C10H16F2N4/c1-8-6-15(5-3-13-8)7-9-2-4-16(14-9)10(11)12/h2,4,8,10,13H,3,5-7H2,1H3/t8-/m1/s1. The Morgan fingerprint density at radius 1 is 1.62 bits per heavy atom. The van der Waals surface area contributed by atoms with Crippen molar-refractivity contribution in [3.63, 3.8) is 0 Å². The van der Waals surface area contributed by atoms with Crippen molar-refractivity contribution in [2.75, 3.05) is 19.6 Å². The van der Waals surface area contributed by atoms with E-state index in [0.29, 0.717) is 23.0 Å². The summed E-state index contributed by atoms with van der Waals surface area (Å²) in [6, 6.07) is 2.10. The number of halogens is 2. The number of nitrogens with one attached hydrogen (secondary N) is 1. The van der Waals surface area contributed by atoms with Gasteiger partial charge < -0.3 is 5.32 Å². The second kappa shape index (κ2) is 4.88. The zero-order valence-electron chi connectivity index (χ0n) is 9.24. The first-order valence-corrected chi connectivity index (χ1v) is 5.43. The third kappa shape index (κ3) is 2.76. The molecule has 0 saturated carbocycles. The molecule has 1 aliphatic rings. The van der Waals surface area contributed by atoms with E-state index in [1.165, 1.54) is 6.20 Å². The molecule has 0 unspecified atom stereocenters. The molecule has 2 rings (SSSR count). The Balaban J connectivity index is 1.92. The average molecular weight is 230 g/mol. The normalized spacial score (nSPS) is 22.9. The zero-order valence-corrected chi connectivity index (χ0v) is 9.24. The molecule has 0 bridgehead atoms. The van der Waals surface area contributed by atoms with Crippen LogP contribution < -0.4 is 5.32 Å². The van der Waals surface area contributed by atoms with Gasteiger partial charge in [-0.25, -0.2) is 4.68 Å². The first-order valence-electron chi connectivity index (χ1n) is 5.43. The molecule has 1 aromatic rings. The lowest BCUT2D eigenvalue weighted by atomic mass is 10.2. The molecule has 1 aromatic heterocycles.